The third-order valence-corrected chi connectivity index (χ3v) is 4.24. The molecule has 0 fully saturated rings. The molecule has 2 aromatic rings. The van der Waals surface area contributed by atoms with E-state index < -0.39 is 5.97 Å². The fourth-order valence-electron chi connectivity index (χ4n) is 2.51. The second kappa shape index (κ2) is 8.65. The van der Waals surface area contributed by atoms with E-state index in [0.717, 1.165) is 27.1 Å². The highest BCUT2D eigenvalue weighted by Crippen LogP contribution is 2.24. The molecule has 1 aromatic heterocycles. The molecule has 0 saturated carbocycles. The van der Waals surface area contributed by atoms with E-state index in [1.54, 1.807) is 6.08 Å². The molecule has 0 radical (unpaired) electrons. The van der Waals surface area contributed by atoms with E-state index in [2.05, 4.69) is 20.5 Å². The Morgan fingerprint density at radius 3 is 2.56 bits per heavy atom. The molecule has 0 aliphatic rings. The van der Waals surface area contributed by atoms with Crippen molar-refractivity contribution in [2.75, 3.05) is 20.3 Å². The molecule has 0 spiro atoms. The molecule has 0 aliphatic heterocycles. The number of nitrogens with zero attached hydrogens (tertiary/aromatic N) is 2. The van der Waals surface area contributed by atoms with Crippen LogP contribution >= 0.6 is 15.9 Å². The Morgan fingerprint density at radius 2 is 1.96 bits per heavy atom. The van der Waals surface area contributed by atoms with Crippen LogP contribution in [0.2, 0.25) is 0 Å². The molecular formula is C19H19BrN2O3. The minimum absolute atomic E-state index is 0.0350. The standard InChI is InChI=1S/C19H19BrN2O3/c1-13-10-15(11-16(12-21)19(23)25-9-8-24-3)14(2)22(13)18-6-4-17(20)5-7-18/h4-7,10-11H,8-9H2,1-3H3/b16-11+. The zero-order valence-electron chi connectivity index (χ0n) is 14.4. The summed E-state index contributed by atoms with van der Waals surface area (Å²) in [5.74, 6) is -0.645. The van der Waals surface area contributed by atoms with Gasteiger partial charge in [-0.05, 0) is 55.8 Å². The van der Waals surface area contributed by atoms with Crippen molar-refractivity contribution in [3.63, 3.8) is 0 Å². The van der Waals surface area contributed by atoms with E-state index in [0.29, 0.717) is 6.61 Å². The topological polar surface area (TPSA) is 64.2 Å². The van der Waals surface area contributed by atoms with Gasteiger partial charge in [0.25, 0.3) is 0 Å². The van der Waals surface area contributed by atoms with Gasteiger partial charge in [-0.3, -0.25) is 0 Å². The number of benzene rings is 1. The van der Waals surface area contributed by atoms with Crippen molar-refractivity contribution in [2.24, 2.45) is 0 Å². The van der Waals surface area contributed by atoms with Crippen molar-refractivity contribution in [3.8, 4) is 11.8 Å². The molecule has 6 heteroatoms. The number of hydrogen-bond donors (Lipinski definition) is 0. The van der Waals surface area contributed by atoms with Crippen molar-refractivity contribution in [1.82, 2.24) is 4.57 Å². The Morgan fingerprint density at radius 1 is 1.28 bits per heavy atom. The van der Waals surface area contributed by atoms with E-state index in [9.17, 15) is 10.1 Å². The molecule has 130 valence electrons. The monoisotopic (exact) mass is 402 g/mol. The summed E-state index contributed by atoms with van der Waals surface area (Å²) in [7, 11) is 1.52. The summed E-state index contributed by atoms with van der Waals surface area (Å²) < 4.78 is 12.9. The molecule has 25 heavy (non-hydrogen) atoms. The first-order valence-corrected chi connectivity index (χ1v) is 8.50. The summed E-state index contributed by atoms with van der Waals surface area (Å²) in [5.41, 5.74) is 3.74. The molecule has 1 aromatic carbocycles. The fraction of sp³-hybridized carbons (Fsp3) is 0.263. The van der Waals surface area contributed by atoms with Gasteiger partial charge < -0.3 is 14.0 Å². The number of carbonyl (C=O) groups is 1. The van der Waals surface area contributed by atoms with Crippen molar-refractivity contribution in [3.05, 3.63) is 57.3 Å². The number of nitriles is 1. The summed E-state index contributed by atoms with van der Waals surface area (Å²) in [6, 6.07) is 11.8. The molecule has 0 saturated heterocycles. The summed E-state index contributed by atoms with van der Waals surface area (Å²) in [6.45, 7) is 4.34. The number of carbonyl (C=O) groups excluding carboxylic acids is 1. The van der Waals surface area contributed by atoms with E-state index in [4.69, 9.17) is 9.47 Å². The van der Waals surface area contributed by atoms with Gasteiger partial charge in [-0.15, -0.1) is 0 Å². The molecule has 0 amide bonds. The third kappa shape index (κ3) is 4.59. The zero-order valence-corrected chi connectivity index (χ0v) is 16.0. The SMILES string of the molecule is COCCOC(=O)/C(C#N)=C/c1cc(C)n(-c2ccc(Br)cc2)c1C. The van der Waals surface area contributed by atoms with Crippen LogP contribution in [0.15, 0.2) is 40.4 Å². The predicted octanol–water partition coefficient (Wildman–Crippen LogP) is 3.95. The molecule has 2 rings (SSSR count). The van der Waals surface area contributed by atoms with E-state index in [1.165, 1.54) is 7.11 Å². The Hall–Kier alpha value is -2.36. The fourth-order valence-corrected chi connectivity index (χ4v) is 2.77. The largest absolute Gasteiger partial charge is 0.459 e. The summed E-state index contributed by atoms with van der Waals surface area (Å²) in [4.78, 5) is 12.0. The normalized spacial score (nSPS) is 11.2. The quantitative estimate of drug-likeness (QED) is 0.317. The van der Waals surface area contributed by atoms with Gasteiger partial charge in [0.05, 0.1) is 6.61 Å². The van der Waals surface area contributed by atoms with Gasteiger partial charge in [0.15, 0.2) is 0 Å². The molecule has 0 bridgehead atoms. The predicted molar refractivity (Wildman–Crippen MR) is 99.4 cm³/mol. The van der Waals surface area contributed by atoms with Gasteiger partial charge in [0, 0.05) is 28.7 Å². The lowest BCUT2D eigenvalue weighted by Gasteiger charge is -2.09. The maximum Gasteiger partial charge on any atom is 0.348 e. The molecule has 0 N–H and O–H groups in total. The van der Waals surface area contributed by atoms with Crippen LogP contribution in [0.25, 0.3) is 11.8 Å². The van der Waals surface area contributed by atoms with Gasteiger partial charge in [-0.1, -0.05) is 15.9 Å². The molecular weight excluding hydrogens is 384 g/mol. The lowest BCUT2D eigenvalue weighted by molar-refractivity contribution is -0.139. The van der Waals surface area contributed by atoms with Crippen molar-refractivity contribution < 1.29 is 14.3 Å². The van der Waals surface area contributed by atoms with Crippen LogP contribution in [0.5, 0.6) is 0 Å². The number of ether oxygens (including phenoxy) is 2. The summed E-state index contributed by atoms with van der Waals surface area (Å²) in [5, 5.41) is 9.27. The average Bonchev–Trinajstić information content (AvgIpc) is 2.87. The molecule has 5 nitrogen and oxygen atoms in total. The highest BCUT2D eigenvalue weighted by atomic mass is 79.9. The van der Waals surface area contributed by atoms with Crippen LogP contribution in [-0.2, 0) is 14.3 Å². The first-order chi connectivity index (χ1) is 12.0. The number of aryl methyl sites for hydroxylation is 1. The number of methoxy groups -OCH3 is 1. The first kappa shape index (κ1) is 19.0. The van der Waals surface area contributed by atoms with Gasteiger partial charge in [0.1, 0.15) is 18.2 Å². The summed E-state index contributed by atoms with van der Waals surface area (Å²) >= 11 is 3.43. The number of halogens is 1. The zero-order chi connectivity index (χ0) is 18.4. The van der Waals surface area contributed by atoms with Crippen LogP contribution in [0, 0.1) is 25.2 Å². The smallest absolute Gasteiger partial charge is 0.348 e. The Bertz CT molecular complexity index is 830. The second-order valence-electron chi connectivity index (χ2n) is 5.44. The maximum absolute atomic E-state index is 12.0. The average molecular weight is 403 g/mol. The van der Waals surface area contributed by atoms with Crippen LogP contribution < -0.4 is 0 Å². The number of esters is 1. The molecule has 0 unspecified atom stereocenters. The van der Waals surface area contributed by atoms with E-state index >= 15 is 0 Å². The first-order valence-electron chi connectivity index (χ1n) is 7.70. The number of aromatic nitrogens is 1. The number of hydrogen-bond acceptors (Lipinski definition) is 4. The van der Waals surface area contributed by atoms with E-state index in [-0.39, 0.29) is 12.2 Å². The minimum atomic E-state index is -0.645. The van der Waals surface area contributed by atoms with Crippen LogP contribution in [0.4, 0.5) is 0 Å². The highest BCUT2D eigenvalue weighted by molar-refractivity contribution is 9.10. The third-order valence-electron chi connectivity index (χ3n) is 3.72. The van der Waals surface area contributed by atoms with E-state index in [1.807, 2.05) is 50.2 Å². The van der Waals surface area contributed by atoms with Gasteiger partial charge in [0.2, 0.25) is 0 Å². The van der Waals surface area contributed by atoms with Crippen molar-refractivity contribution in [2.45, 2.75) is 13.8 Å². The summed E-state index contributed by atoms with van der Waals surface area (Å²) in [6.07, 6.45) is 1.56. The Labute approximate surface area is 155 Å². The molecule has 1 heterocycles. The lowest BCUT2D eigenvalue weighted by atomic mass is 10.1. The van der Waals surface area contributed by atoms with Crippen LogP contribution in [-0.4, -0.2) is 30.9 Å². The Kier molecular flexibility index (Phi) is 6.57. The number of rotatable bonds is 6. The minimum Gasteiger partial charge on any atom is -0.459 e. The molecule has 0 aliphatic carbocycles. The highest BCUT2D eigenvalue weighted by Gasteiger charge is 2.14. The lowest BCUT2D eigenvalue weighted by Crippen LogP contribution is -2.11. The van der Waals surface area contributed by atoms with Gasteiger partial charge in [-0.25, -0.2) is 4.79 Å². The van der Waals surface area contributed by atoms with Crippen molar-refractivity contribution in [1.29, 1.82) is 5.26 Å². The van der Waals surface area contributed by atoms with Crippen LogP contribution in [0.3, 0.4) is 0 Å². The van der Waals surface area contributed by atoms with Crippen molar-refractivity contribution >= 4 is 28.0 Å². The second-order valence-corrected chi connectivity index (χ2v) is 6.35. The molecule has 0 atom stereocenters. The van der Waals surface area contributed by atoms with Crippen LogP contribution in [0.1, 0.15) is 17.0 Å². The van der Waals surface area contributed by atoms with Gasteiger partial charge >= 0.3 is 5.97 Å². The van der Waals surface area contributed by atoms with Gasteiger partial charge in [-0.2, -0.15) is 5.26 Å². The maximum atomic E-state index is 12.0. The Balaban J connectivity index is 2.33.